The third-order valence-electron chi connectivity index (χ3n) is 3.99. The van der Waals surface area contributed by atoms with Crippen molar-refractivity contribution in [2.45, 2.75) is 46.6 Å². The van der Waals surface area contributed by atoms with Gasteiger partial charge in [0.2, 0.25) is 0 Å². The number of halogens is 1. The van der Waals surface area contributed by atoms with E-state index in [2.05, 4.69) is 20.4 Å². The number of amides is 1. The van der Waals surface area contributed by atoms with Crippen LogP contribution in [0.2, 0.25) is 0 Å². The SMILES string of the molecule is CCC(=NOC(C)CC)c1ccc(NC(=O)c2cncc(F)c2C)nc1. The van der Waals surface area contributed by atoms with Gasteiger partial charge in [-0.2, -0.15) is 0 Å². The van der Waals surface area contributed by atoms with Gasteiger partial charge in [-0.1, -0.05) is 19.0 Å². The molecule has 0 saturated carbocycles. The highest BCUT2D eigenvalue weighted by Gasteiger charge is 2.13. The molecule has 0 fully saturated rings. The van der Waals surface area contributed by atoms with Crippen LogP contribution < -0.4 is 5.32 Å². The topological polar surface area (TPSA) is 76.5 Å². The smallest absolute Gasteiger partial charge is 0.258 e. The Morgan fingerprint density at radius 2 is 2.08 bits per heavy atom. The van der Waals surface area contributed by atoms with E-state index in [1.807, 2.05) is 26.8 Å². The Morgan fingerprint density at radius 3 is 2.69 bits per heavy atom. The van der Waals surface area contributed by atoms with Gasteiger partial charge in [0.25, 0.3) is 5.91 Å². The van der Waals surface area contributed by atoms with E-state index in [4.69, 9.17) is 4.84 Å². The molecule has 2 aromatic heterocycles. The van der Waals surface area contributed by atoms with Gasteiger partial charge in [-0.15, -0.1) is 0 Å². The largest absolute Gasteiger partial charge is 0.393 e. The fourth-order valence-electron chi connectivity index (χ4n) is 2.10. The Balaban J connectivity index is 2.11. The number of nitrogens with one attached hydrogen (secondary N) is 1. The second-order valence-electron chi connectivity index (χ2n) is 5.90. The van der Waals surface area contributed by atoms with E-state index in [1.54, 1.807) is 12.3 Å². The monoisotopic (exact) mass is 358 g/mol. The van der Waals surface area contributed by atoms with Gasteiger partial charge in [0.15, 0.2) is 0 Å². The zero-order valence-electron chi connectivity index (χ0n) is 15.4. The van der Waals surface area contributed by atoms with Crippen molar-refractivity contribution in [2.24, 2.45) is 5.16 Å². The standard InChI is InChI=1S/C19H23FN4O2/c1-5-12(3)26-24-17(6-2)14-7-8-18(22-9-14)23-19(25)15-10-21-11-16(20)13(15)4/h7-12H,5-6H2,1-4H3,(H,22,23,25). The van der Waals surface area contributed by atoms with Crippen molar-refractivity contribution in [2.75, 3.05) is 5.32 Å². The van der Waals surface area contributed by atoms with E-state index in [0.29, 0.717) is 12.2 Å². The van der Waals surface area contributed by atoms with Crippen LogP contribution in [0, 0.1) is 12.7 Å². The van der Waals surface area contributed by atoms with Crippen LogP contribution in [0.1, 0.15) is 55.1 Å². The van der Waals surface area contributed by atoms with E-state index in [0.717, 1.165) is 23.9 Å². The van der Waals surface area contributed by atoms with Crippen molar-refractivity contribution in [3.8, 4) is 0 Å². The number of oxime groups is 1. The summed E-state index contributed by atoms with van der Waals surface area (Å²) in [5.41, 5.74) is 2.02. The van der Waals surface area contributed by atoms with E-state index in [1.165, 1.54) is 13.1 Å². The van der Waals surface area contributed by atoms with Crippen molar-refractivity contribution < 1.29 is 14.0 Å². The van der Waals surface area contributed by atoms with Crippen LogP contribution in [0.4, 0.5) is 10.2 Å². The van der Waals surface area contributed by atoms with Crippen molar-refractivity contribution in [1.29, 1.82) is 0 Å². The maximum Gasteiger partial charge on any atom is 0.258 e. The number of rotatable bonds is 7. The molecule has 2 heterocycles. The Morgan fingerprint density at radius 1 is 1.31 bits per heavy atom. The molecular formula is C19H23FN4O2. The molecule has 0 aliphatic heterocycles. The number of hydrogen-bond donors (Lipinski definition) is 1. The van der Waals surface area contributed by atoms with Crippen molar-refractivity contribution in [3.05, 3.63) is 53.2 Å². The zero-order chi connectivity index (χ0) is 19.1. The molecule has 0 aliphatic rings. The molecule has 1 amide bonds. The predicted octanol–water partition coefficient (Wildman–Crippen LogP) is 4.11. The molecule has 1 unspecified atom stereocenters. The first-order chi connectivity index (χ1) is 12.5. The summed E-state index contributed by atoms with van der Waals surface area (Å²) in [6, 6.07) is 3.48. The first kappa shape index (κ1) is 19.5. The molecule has 0 bridgehead atoms. The number of aromatic nitrogens is 2. The molecule has 1 atom stereocenters. The van der Waals surface area contributed by atoms with Crippen molar-refractivity contribution in [1.82, 2.24) is 9.97 Å². The molecule has 2 aromatic rings. The Bertz CT molecular complexity index is 791. The number of pyridine rings is 2. The van der Waals surface area contributed by atoms with Crippen molar-refractivity contribution in [3.63, 3.8) is 0 Å². The fourth-order valence-corrected chi connectivity index (χ4v) is 2.10. The lowest BCUT2D eigenvalue weighted by atomic mass is 10.1. The highest BCUT2D eigenvalue weighted by atomic mass is 19.1. The van der Waals surface area contributed by atoms with Crippen molar-refractivity contribution >= 4 is 17.4 Å². The molecule has 0 saturated heterocycles. The molecule has 0 spiro atoms. The minimum absolute atomic E-state index is 0.0474. The minimum atomic E-state index is -0.522. The second-order valence-corrected chi connectivity index (χ2v) is 5.90. The Hall–Kier alpha value is -2.83. The van der Waals surface area contributed by atoms with Gasteiger partial charge < -0.3 is 10.2 Å². The van der Waals surface area contributed by atoms with Crippen LogP contribution >= 0.6 is 0 Å². The molecule has 0 radical (unpaired) electrons. The maximum atomic E-state index is 13.5. The highest BCUT2D eigenvalue weighted by molar-refractivity contribution is 6.05. The van der Waals surface area contributed by atoms with E-state index in [-0.39, 0.29) is 17.2 Å². The number of carbonyl (C=O) groups excluding carboxylic acids is 1. The van der Waals surface area contributed by atoms with Crippen LogP contribution in [-0.2, 0) is 4.84 Å². The summed E-state index contributed by atoms with van der Waals surface area (Å²) >= 11 is 0. The molecule has 0 aliphatic carbocycles. The minimum Gasteiger partial charge on any atom is -0.393 e. The fraction of sp³-hybridized carbons (Fsp3) is 0.368. The summed E-state index contributed by atoms with van der Waals surface area (Å²) < 4.78 is 13.5. The van der Waals surface area contributed by atoms with Gasteiger partial charge >= 0.3 is 0 Å². The summed E-state index contributed by atoms with van der Waals surface area (Å²) in [6.45, 7) is 7.50. The summed E-state index contributed by atoms with van der Waals surface area (Å²) in [6.07, 6.45) is 5.64. The van der Waals surface area contributed by atoms with Gasteiger partial charge in [0.05, 0.1) is 17.5 Å². The van der Waals surface area contributed by atoms with Crippen LogP contribution in [0.15, 0.2) is 35.9 Å². The van der Waals surface area contributed by atoms with Gasteiger partial charge in [0, 0.05) is 23.5 Å². The normalized spacial score (nSPS) is 12.6. The summed E-state index contributed by atoms with van der Waals surface area (Å²) in [7, 11) is 0. The summed E-state index contributed by atoms with van der Waals surface area (Å²) in [5, 5.41) is 6.82. The molecule has 0 aromatic carbocycles. The molecular weight excluding hydrogens is 335 g/mol. The molecule has 26 heavy (non-hydrogen) atoms. The van der Waals surface area contributed by atoms with Gasteiger partial charge in [-0.25, -0.2) is 9.37 Å². The molecule has 2 rings (SSSR count). The second kappa shape index (κ2) is 9.03. The third-order valence-corrected chi connectivity index (χ3v) is 3.99. The predicted molar refractivity (Wildman–Crippen MR) is 98.8 cm³/mol. The number of carbonyl (C=O) groups is 1. The van der Waals surface area contributed by atoms with Gasteiger partial charge in [-0.05, 0) is 38.8 Å². The summed E-state index contributed by atoms with van der Waals surface area (Å²) in [4.78, 5) is 25.6. The maximum absolute atomic E-state index is 13.5. The number of nitrogens with zero attached hydrogens (tertiary/aromatic N) is 3. The van der Waals surface area contributed by atoms with Gasteiger partial charge in [-0.3, -0.25) is 9.78 Å². The number of anilines is 1. The lowest BCUT2D eigenvalue weighted by Crippen LogP contribution is -2.15. The zero-order valence-corrected chi connectivity index (χ0v) is 15.4. The molecule has 7 heteroatoms. The quantitative estimate of drug-likeness (QED) is 0.597. The lowest BCUT2D eigenvalue weighted by Gasteiger charge is -2.10. The van der Waals surface area contributed by atoms with E-state index < -0.39 is 11.7 Å². The van der Waals surface area contributed by atoms with Crippen LogP contribution in [0.3, 0.4) is 0 Å². The van der Waals surface area contributed by atoms with E-state index >= 15 is 0 Å². The Labute approximate surface area is 152 Å². The third kappa shape index (κ3) is 4.84. The lowest BCUT2D eigenvalue weighted by molar-refractivity contribution is 0.0697. The Kier molecular flexibility index (Phi) is 6.77. The van der Waals surface area contributed by atoms with Crippen LogP contribution in [0.25, 0.3) is 0 Å². The number of hydrogen-bond acceptors (Lipinski definition) is 5. The average Bonchev–Trinajstić information content (AvgIpc) is 2.65. The molecule has 6 nitrogen and oxygen atoms in total. The van der Waals surface area contributed by atoms with Gasteiger partial charge in [0.1, 0.15) is 17.7 Å². The molecule has 1 N–H and O–H groups in total. The van der Waals surface area contributed by atoms with E-state index in [9.17, 15) is 9.18 Å². The van der Waals surface area contributed by atoms with Crippen LogP contribution in [0.5, 0.6) is 0 Å². The van der Waals surface area contributed by atoms with Crippen LogP contribution in [-0.4, -0.2) is 27.7 Å². The first-order valence-electron chi connectivity index (χ1n) is 8.56. The average molecular weight is 358 g/mol. The highest BCUT2D eigenvalue weighted by Crippen LogP contribution is 2.14. The first-order valence-corrected chi connectivity index (χ1v) is 8.56. The molecule has 138 valence electrons. The summed E-state index contributed by atoms with van der Waals surface area (Å²) in [5.74, 6) is -0.619.